The van der Waals surface area contributed by atoms with Gasteiger partial charge in [0.15, 0.2) is 0 Å². The smallest absolute Gasteiger partial charge is 0.263 e. The van der Waals surface area contributed by atoms with Crippen LogP contribution in [0.4, 0.5) is 5.82 Å². The summed E-state index contributed by atoms with van der Waals surface area (Å²) >= 11 is 0. The van der Waals surface area contributed by atoms with Gasteiger partial charge < -0.3 is 14.6 Å². The number of methoxy groups -OCH3 is 1. The summed E-state index contributed by atoms with van der Waals surface area (Å²) in [7, 11) is 1.65. The largest absolute Gasteiger partial charge is 0.497 e. The Morgan fingerprint density at radius 3 is 2.74 bits per heavy atom. The monoisotopic (exact) mass is 417 g/mol. The van der Waals surface area contributed by atoms with Crippen LogP contribution in [-0.4, -0.2) is 46.8 Å². The van der Waals surface area contributed by atoms with E-state index in [1.165, 1.54) is 11.9 Å². The van der Waals surface area contributed by atoms with Crippen LogP contribution in [0.5, 0.6) is 5.75 Å². The summed E-state index contributed by atoms with van der Waals surface area (Å²) in [5, 5.41) is 8.47. The third-order valence-electron chi connectivity index (χ3n) is 5.26. The fraction of sp³-hybridized carbons (Fsp3) is 0.292. The maximum atomic E-state index is 5.46. The standard InChI is InChI=1S/C24H27N5O2/c1-3-29(16-18-9-5-4-6-10-18)14-8-13-25-23-21-22(28-31-24(21)27-17-26-23)19-11-7-12-20(15-19)30-2/h4-7,9-12,15,17H,3,8,13-14,16H2,1-2H3,(H,25,26,27). The van der Waals surface area contributed by atoms with E-state index in [0.29, 0.717) is 11.4 Å². The molecule has 0 saturated heterocycles. The molecule has 7 heteroatoms. The molecule has 0 radical (unpaired) electrons. The normalized spacial score (nSPS) is 11.2. The van der Waals surface area contributed by atoms with E-state index in [0.717, 1.165) is 55.1 Å². The average Bonchev–Trinajstić information content (AvgIpc) is 3.27. The molecule has 2 aromatic heterocycles. The van der Waals surface area contributed by atoms with Gasteiger partial charge in [0.1, 0.15) is 29.0 Å². The summed E-state index contributed by atoms with van der Waals surface area (Å²) in [6, 6.07) is 18.3. The molecular formula is C24H27N5O2. The first-order valence-electron chi connectivity index (χ1n) is 10.5. The van der Waals surface area contributed by atoms with Crippen LogP contribution in [-0.2, 0) is 6.54 Å². The SMILES string of the molecule is CCN(CCCNc1ncnc2onc(-c3cccc(OC)c3)c12)Cc1ccccc1. The van der Waals surface area contributed by atoms with Crippen LogP contribution < -0.4 is 10.1 Å². The lowest BCUT2D eigenvalue weighted by molar-refractivity contribution is 0.279. The predicted molar refractivity (Wildman–Crippen MR) is 122 cm³/mol. The average molecular weight is 418 g/mol. The molecule has 0 spiro atoms. The van der Waals surface area contributed by atoms with Crippen molar-refractivity contribution in [3.8, 4) is 17.0 Å². The van der Waals surface area contributed by atoms with Crippen molar-refractivity contribution >= 4 is 16.9 Å². The highest BCUT2D eigenvalue weighted by Gasteiger charge is 2.17. The molecule has 7 nitrogen and oxygen atoms in total. The van der Waals surface area contributed by atoms with Gasteiger partial charge in [0, 0.05) is 25.2 Å². The van der Waals surface area contributed by atoms with E-state index in [9.17, 15) is 0 Å². The molecule has 0 amide bonds. The second kappa shape index (κ2) is 10.0. The van der Waals surface area contributed by atoms with Crippen LogP contribution in [0.15, 0.2) is 65.4 Å². The van der Waals surface area contributed by atoms with Crippen molar-refractivity contribution in [1.82, 2.24) is 20.0 Å². The van der Waals surface area contributed by atoms with Crippen LogP contribution in [0, 0.1) is 0 Å². The first kappa shape index (κ1) is 20.8. The van der Waals surface area contributed by atoms with E-state index >= 15 is 0 Å². The molecule has 1 N–H and O–H groups in total. The third kappa shape index (κ3) is 5.00. The molecule has 160 valence electrons. The predicted octanol–water partition coefficient (Wildman–Crippen LogP) is 4.62. The summed E-state index contributed by atoms with van der Waals surface area (Å²) in [6.45, 7) is 5.96. The molecule has 0 aliphatic carbocycles. The number of hydrogen-bond donors (Lipinski definition) is 1. The van der Waals surface area contributed by atoms with Crippen molar-refractivity contribution in [2.75, 3.05) is 32.1 Å². The quantitative estimate of drug-likeness (QED) is 0.377. The number of rotatable bonds is 10. The molecule has 31 heavy (non-hydrogen) atoms. The van der Waals surface area contributed by atoms with Crippen LogP contribution in [0.1, 0.15) is 18.9 Å². The highest BCUT2D eigenvalue weighted by Crippen LogP contribution is 2.32. The third-order valence-corrected chi connectivity index (χ3v) is 5.26. The molecule has 0 aliphatic heterocycles. The van der Waals surface area contributed by atoms with E-state index in [1.54, 1.807) is 7.11 Å². The van der Waals surface area contributed by atoms with Gasteiger partial charge >= 0.3 is 0 Å². The topological polar surface area (TPSA) is 76.3 Å². The van der Waals surface area contributed by atoms with Crippen molar-refractivity contribution in [2.45, 2.75) is 19.9 Å². The second-order valence-corrected chi connectivity index (χ2v) is 7.30. The van der Waals surface area contributed by atoms with Gasteiger partial charge in [0.25, 0.3) is 5.71 Å². The Labute approximate surface area is 182 Å². The maximum Gasteiger partial charge on any atom is 0.263 e. The van der Waals surface area contributed by atoms with Crippen LogP contribution in [0.2, 0.25) is 0 Å². The number of nitrogens with one attached hydrogen (secondary N) is 1. The van der Waals surface area contributed by atoms with Crippen molar-refractivity contribution in [2.24, 2.45) is 0 Å². The zero-order valence-electron chi connectivity index (χ0n) is 17.9. The van der Waals surface area contributed by atoms with Gasteiger partial charge in [-0.15, -0.1) is 0 Å². The molecule has 0 fully saturated rings. The summed E-state index contributed by atoms with van der Waals surface area (Å²) in [4.78, 5) is 11.1. The Kier molecular flexibility index (Phi) is 6.74. The van der Waals surface area contributed by atoms with E-state index in [2.05, 4.69) is 62.6 Å². The lowest BCUT2D eigenvalue weighted by atomic mass is 10.1. The minimum atomic E-state index is 0.467. The molecule has 0 bridgehead atoms. The number of ether oxygens (including phenoxy) is 1. The van der Waals surface area contributed by atoms with Crippen molar-refractivity contribution in [3.63, 3.8) is 0 Å². The lowest BCUT2D eigenvalue weighted by Gasteiger charge is -2.20. The van der Waals surface area contributed by atoms with Crippen LogP contribution in [0.3, 0.4) is 0 Å². The Bertz CT molecular complexity index is 1110. The van der Waals surface area contributed by atoms with Crippen molar-refractivity contribution in [1.29, 1.82) is 0 Å². The van der Waals surface area contributed by atoms with E-state index in [-0.39, 0.29) is 0 Å². The minimum Gasteiger partial charge on any atom is -0.497 e. The summed E-state index contributed by atoms with van der Waals surface area (Å²) in [5.41, 5.74) is 3.41. The fourth-order valence-corrected chi connectivity index (χ4v) is 3.59. The van der Waals surface area contributed by atoms with Gasteiger partial charge in [-0.05, 0) is 30.7 Å². The Balaban J connectivity index is 1.43. The van der Waals surface area contributed by atoms with Gasteiger partial charge in [-0.3, -0.25) is 4.90 Å². The minimum absolute atomic E-state index is 0.467. The number of hydrogen-bond acceptors (Lipinski definition) is 7. The summed E-state index contributed by atoms with van der Waals surface area (Å²) < 4.78 is 10.8. The van der Waals surface area contributed by atoms with Gasteiger partial charge in [-0.2, -0.15) is 4.98 Å². The molecule has 2 aromatic carbocycles. The van der Waals surface area contributed by atoms with Crippen LogP contribution in [0.25, 0.3) is 22.4 Å². The van der Waals surface area contributed by atoms with Crippen molar-refractivity contribution in [3.05, 3.63) is 66.5 Å². The Morgan fingerprint density at radius 2 is 1.94 bits per heavy atom. The molecule has 0 aliphatic rings. The highest BCUT2D eigenvalue weighted by molar-refractivity contribution is 5.97. The molecule has 0 unspecified atom stereocenters. The number of aromatic nitrogens is 3. The number of anilines is 1. The molecule has 2 heterocycles. The zero-order chi connectivity index (χ0) is 21.5. The molecule has 0 saturated carbocycles. The number of benzene rings is 2. The van der Waals surface area contributed by atoms with Gasteiger partial charge in [0.05, 0.1) is 7.11 Å². The second-order valence-electron chi connectivity index (χ2n) is 7.30. The molecule has 4 aromatic rings. The highest BCUT2D eigenvalue weighted by atomic mass is 16.5. The fourth-order valence-electron chi connectivity index (χ4n) is 3.59. The van der Waals surface area contributed by atoms with Gasteiger partial charge in [0.2, 0.25) is 0 Å². The van der Waals surface area contributed by atoms with Crippen LogP contribution >= 0.6 is 0 Å². The van der Waals surface area contributed by atoms with E-state index in [1.807, 2.05) is 24.3 Å². The molecular weight excluding hydrogens is 390 g/mol. The Morgan fingerprint density at radius 1 is 1.06 bits per heavy atom. The molecule has 0 atom stereocenters. The van der Waals surface area contributed by atoms with Gasteiger partial charge in [-0.25, -0.2) is 4.98 Å². The number of fused-ring (bicyclic) bond motifs is 1. The lowest BCUT2D eigenvalue weighted by Crippen LogP contribution is -2.25. The Hall–Kier alpha value is -3.45. The summed E-state index contributed by atoms with van der Waals surface area (Å²) in [6.07, 6.45) is 2.49. The van der Waals surface area contributed by atoms with Crippen molar-refractivity contribution < 1.29 is 9.26 Å². The first-order chi connectivity index (χ1) is 15.3. The van der Waals surface area contributed by atoms with E-state index < -0.39 is 0 Å². The number of nitrogens with zero attached hydrogens (tertiary/aromatic N) is 4. The maximum absolute atomic E-state index is 5.46. The zero-order valence-corrected chi connectivity index (χ0v) is 17.9. The van der Waals surface area contributed by atoms with E-state index in [4.69, 9.17) is 9.26 Å². The molecule has 4 rings (SSSR count). The summed E-state index contributed by atoms with van der Waals surface area (Å²) in [5.74, 6) is 1.49. The van der Waals surface area contributed by atoms with Gasteiger partial charge in [-0.1, -0.05) is 54.5 Å². The first-order valence-corrected chi connectivity index (χ1v) is 10.5.